The number of aryl methyl sites for hydroxylation is 2. The van der Waals surface area contributed by atoms with Gasteiger partial charge in [-0.3, -0.25) is 4.79 Å². The Balaban J connectivity index is 2.71. The van der Waals surface area contributed by atoms with Gasteiger partial charge >= 0.3 is 5.97 Å². The molecule has 18 heavy (non-hydrogen) atoms. The Morgan fingerprint density at radius 1 is 1.50 bits per heavy atom. The Morgan fingerprint density at radius 3 is 2.78 bits per heavy atom. The van der Waals surface area contributed by atoms with Crippen LogP contribution in [-0.4, -0.2) is 23.6 Å². The predicted molar refractivity (Wildman–Crippen MR) is 68.6 cm³/mol. The number of rotatable bonds is 5. The van der Waals surface area contributed by atoms with Gasteiger partial charge in [-0.2, -0.15) is 0 Å². The second-order valence-corrected chi connectivity index (χ2v) is 3.93. The molecule has 1 rings (SSSR count). The van der Waals surface area contributed by atoms with Crippen molar-refractivity contribution in [3.8, 4) is 0 Å². The fourth-order valence-corrected chi connectivity index (χ4v) is 1.66. The van der Waals surface area contributed by atoms with Gasteiger partial charge < -0.3 is 15.7 Å². The van der Waals surface area contributed by atoms with Crippen molar-refractivity contribution in [1.82, 2.24) is 0 Å². The molecule has 1 aromatic rings. The summed E-state index contributed by atoms with van der Waals surface area (Å²) in [5, 5.41) is 11.5. The highest BCUT2D eigenvalue weighted by Gasteiger charge is 2.07. The van der Waals surface area contributed by atoms with Crippen molar-refractivity contribution in [3.63, 3.8) is 0 Å². The molecule has 0 aliphatic carbocycles. The van der Waals surface area contributed by atoms with Gasteiger partial charge in [0, 0.05) is 12.0 Å². The van der Waals surface area contributed by atoms with Crippen molar-refractivity contribution >= 4 is 11.8 Å². The monoisotopic (exact) mass is 250 g/mol. The number of carbonyl (C=O) groups is 1. The number of benzene rings is 1. The Kier molecular flexibility index (Phi) is 5.17. The van der Waals surface area contributed by atoms with Gasteiger partial charge in [-0.1, -0.05) is 17.3 Å². The molecule has 0 aromatic heterocycles. The van der Waals surface area contributed by atoms with E-state index in [-0.39, 0.29) is 11.8 Å². The minimum Gasteiger partial charge on any atom is -0.466 e. The first-order chi connectivity index (χ1) is 8.58. The number of ether oxygens (including phenoxy) is 1. The van der Waals surface area contributed by atoms with Crippen LogP contribution in [0.3, 0.4) is 0 Å². The van der Waals surface area contributed by atoms with Crippen LogP contribution in [0.25, 0.3) is 0 Å². The fraction of sp³-hybridized carbons (Fsp3) is 0.385. The van der Waals surface area contributed by atoms with E-state index in [2.05, 4.69) is 5.16 Å². The second kappa shape index (κ2) is 6.64. The van der Waals surface area contributed by atoms with Crippen molar-refractivity contribution in [2.75, 3.05) is 6.61 Å². The van der Waals surface area contributed by atoms with E-state index >= 15 is 0 Å². The fourth-order valence-electron chi connectivity index (χ4n) is 1.66. The third-order valence-electron chi connectivity index (χ3n) is 2.65. The van der Waals surface area contributed by atoms with Crippen LogP contribution in [0.2, 0.25) is 0 Å². The summed E-state index contributed by atoms with van der Waals surface area (Å²) >= 11 is 0. The quantitative estimate of drug-likeness (QED) is 0.273. The molecule has 0 bridgehead atoms. The molecular formula is C13H18N2O3. The van der Waals surface area contributed by atoms with Crippen LogP contribution < -0.4 is 5.73 Å². The highest BCUT2D eigenvalue weighted by molar-refractivity contribution is 5.97. The van der Waals surface area contributed by atoms with Gasteiger partial charge in [0.1, 0.15) is 0 Å². The van der Waals surface area contributed by atoms with Crippen LogP contribution in [0.4, 0.5) is 0 Å². The summed E-state index contributed by atoms with van der Waals surface area (Å²) in [6, 6.07) is 5.47. The molecule has 0 saturated carbocycles. The molecule has 5 heteroatoms. The van der Waals surface area contributed by atoms with E-state index in [1.54, 1.807) is 13.0 Å². The molecule has 0 unspecified atom stereocenters. The maximum Gasteiger partial charge on any atom is 0.306 e. The van der Waals surface area contributed by atoms with Crippen LogP contribution in [-0.2, 0) is 16.0 Å². The largest absolute Gasteiger partial charge is 0.466 e. The summed E-state index contributed by atoms with van der Waals surface area (Å²) in [7, 11) is 0. The van der Waals surface area contributed by atoms with Crippen molar-refractivity contribution in [3.05, 3.63) is 34.9 Å². The molecule has 5 nitrogen and oxygen atoms in total. The standard InChI is InChI=1S/C13H18N2O3/c1-3-18-12(16)7-6-10-4-5-11(8-9(10)2)13(14)15-17/h4-5,8,17H,3,6-7H2,1-2H3,(H2,14,15). The zero-order valence-electron chi connectivity index (χ0n) is 10.6. The third-order valence-corrected chi connectivity index (χ3v) is 2.65. The number of nitrogens with two attached hydrogens (primary N) is 1. The van der Waals surface area contributed by atoms with Crippen LogP contribution in [0, 0.1) is 6.92 Å². The molecule has 0 spiro atoms. The van der Waals surface area contributed by atoms with Crippen molar-refractivity contribution < 1.29 is 14.7 Å². The van der Waals surface area contributed by atoms with E-state index in [9.17, 15) is 4.79 Å². The number of oxime groups is 1. The molecule has 0 fully saturated rings. The number of amidine groups is 1. The van der Waals surface area contributed by atoms with Gasteiger partial charge in [-0.15, -0.1) is 0 Å². The molecule has 98 valence electrons. The van der Waals surface area contributed by atoms with E-state index < -0.39 is 0 Å². The highest BCUT2D eigenvalue weighted by Crippen LogP contribution is 2.13. The molecular weight excluding hydrogens is 232 g/mol. The number of hydrogen-bond donors (Lipinski definition) is 2. The molecule has 0 saturated heterocycles. The van der Waals surface area contributed by atoms with Crippen LogP contribution >= 0.6 is 0 Å². The average Bonchev–Trinajstić information content (AvgIpc) is 2.36. The van der Waals surface area contributed by atoms with E-state index in [1.807, 2.05) is 19.1 Å². The van der Waals surface area contributed by atoms with E-state index in [1.165, 1.54) is 0 Å². The van der Waals surface area contributed by atoms with E-state index in [4.69, 9.17) is 15.7 Å². The first-order valence-electron chi connectivity index (χ1n) is 5.81. The molecule has 0 amide bonds. The zero-order valence-corrected chi connectivity index (χ0v) is 10.6. The van der Waals surface area contributed by atoms with E-state index in [0.717, 1.165) is 11.1 Å². The third kappa shape index (κ3) is 3.76. The lowest BCUT2D eigenvalue weighted by molar-refractivity contribution is -0.143. The Bertz CT molecular complexity index is 456. The summed E-state index contributed by atoms with van der Waals surface area (Å²) in [6.45, 7) is 4.11. The van der Waals surface area contributed by atoms with Gasteiger partial charge in [0.05, 0.1) is 6.61 Å². The number of nitrogens with zero attached hydrogens (tertiary/aromatic N) is 1. The molecule has 0 aliphatic heterocycles. The molecule has 1 aromatic carbocycles. The molecule has 0 aliphatic rings. The number of hydrogen-bond acceptors (Lipinski definition) is 4. The Hall–Kier alpha value is -2.04. The predicted octanol–water partition coefficient (Wildman–Crippen LogP) is 1.59. The van der Waals surface area contributed by atoms with Gasteiger partial charge in [0.2, 0.25) is 0 Å². The number of esters is 1. The minimum absolute atomic E-state index is 0.0787. The summed E-state index contributed by atoms with van der Waals surface area (Å²) in [6.07, 6.45) is 0.985. The average molecular weight is 250 g/mol. The zero-order chi connectivity index (χ0) is 13.5. The summed E-state index contributed by atoms with van der Waals surface area (Å²) in [5.41, 5.74) is 8.22. The maximum absolute atomic E-state index is 11.3. The SMILES string of the molecule is CCOC(=O)CCc1ccc(/C(N)=N/O)cc1C. The van der Waals surface area contributed by atoms with Gasteiger partial charge in [-0.05, 0) is 37.5 Å². The molecule has 0 radical (unpaired) electrons. The Labute approximate surface area is 106 Å². The smallest absolute Gasteiger partial charge is 0.306 e. The summed E-state index contributed by atoms with van der Waals surface area (Å²) in [4.78, 5) is 11.3. The van der Waals surface area contributed by atoms with Gasteiger partial charge in [-0.25, -0.2) is 0 Å². The first kappa shape index (κ1) is 14.0. The van der Waals surface area contributed by atoms with Crippen LogP contribution in [0.15, 0.2) is 23.4 Å². The van der Waals surface area contributed by atoms with Crippen LogP contribution in [0.1, 0.15) is 30.0 Å². The highest BCUT2D eigenvalue weighted by atomic mass is 16.5. The topological polar surface area (TPSA) is 84.9 Å². The van der Waals surface area contributed by atoms with Gasteiger partial charge in [0.25, 0.3) is 0 Å². The maximum atomic E-state index is 11.3. The molecule has 3 N–H and O–H groups in total. The van der Waals surface area contributed by atoms with Crippen molar-refractivity contribution in [2.45, 2.75) is 26.7 Å². The summed E-state index contributed by atoms with van der Waals surface area (Å²) in [5.74, 6) is -0.118. The second-order valence-electron chi connectivity index (χ2n) is 3.93. The lowest BCUT2D eigenvalue weighted by atomic mass is 10.0. The molecule has 0 atom stereocenters. The summed E-state index contributed by atoms with van der Waals surface area (Å²) < 4.78 is 4.87. The lowest BCUT2D eigenvalue weighted by Gasteiger charge is -2.07. The van der Waals surface area contributed by atoms with Crippen LogP contribution in [0.5, 0.6) is 0 Å². The van der Waals surface area contributed by atoms with Crippen molar-refractivity contribution in [2.24, 2.45) is 10.9 Å². The number of carbonyl (C=O) groups excluding carboxylic acids is 1. The lowest BCUT2D eigenvalue weighted by Crippen LogP contribution is -2.13. The Morgan fingerprint density at radius 2 is 2.22 bits per heavy atom. The minimum atomic E-state index is -0.197. The van der Waals surface area contributed by atoms with Gasteiger partial charge in [0.15, 0.2) is 5.84 Å². The normalized spacial score (nSPS) is 11.3. The first-order valence-corrected chi connectivity index (χ1v) is 5.81. The molecule has 0 heterocycles. The van der Waals surface area contributed by atoms with E-state index in [0.29, 0.717) is 25.0 Å². The van der Waals surface area contributed by atoms with Crippen molar-refractivity contribution in [1.29, 1.82) is 0 Å².